The second kappa shape index (κ2) is 6.79. The number of rotatable bonds is 5. The van der Waals surface area contributed by atoms with Crippen LogP contribution in [-0.4, -0.2) is 47.4 Å². The molecule has 0 aromatic carbocycles. The van der Waals surface area contributed by atoms with E-state index in [0.29, 0.717) is 5.92 Å². The third kappa shape index (κ3) is 3.06. The summed E-state index contributed by atoms with van der Waals surface area (Å²) < 4.78 is 10.8. The minimum atomic E-state index is 0.507. The van der Waals surface area contributed by atoms with Crippen LogP contribution in [0.1, 0.15) is 30.1 Å². The highest BCUT2D eigenvalue weighted by molar-refractivity contribution is 5.42. The minimum Gasteiger partial charge on any atom is -0.493 e. The number of nitrogens with zero attached hydrogens (tertiary/aromatic N) is 3. The molecule has 0 radical (unpaired) electrons. The van der Waals surface area contributed by atoms with E-state index in [4.69, 9.17) is 9.47 Å². The maximum atomic E-state index is 5.48. The zero-order valence-electron chi connectivity index (χ0n) is 13.1. The Hall–Kier alpha value is -2.08. The number of likely N-dealkylation sites (tertiary alicyclic amines) is 1. The van der Waals surface area contributed by atoms with Gasteiger partial charge in [-0.25, -0.2) is 0 Å². The molecule has 0 aliphatic carbocycles. The van der Waals surface area contributed by atoms with E-state index >= 15 is 0 Å². The number of ether oxygens (including phenoxy) is 2. The predicted molar refractivity (Wildman–Crippen MR) is 83.2 cm³/mol. The summed E-state index contributed by atoms with van der Waals surface area (Å²) in [5.41, 5.74) is 2.14. The van der Waals surface area contributed by atoms with Crippen LogP contribution >= 0.6 is 0 Å². The van der Waals surface area contributed by atoms with E-state index < -0.39 is 0 Å². The molecule has 1 aliphatic heterocycles. The zero-order chi connectivity index (χ0) is 15.4. The van der Waals surface area contributed by atoms with Crippen LogP contribution in [0.5, 0.6) is 11.5 Å². The Labute approximate surface area is 130 Å². The van der Waals surface area contributed by atoms with E-state index in [1.165, 1.54) is 18.5 Å². The zero-order valence-corrected chi connectivity index (χ0v) is 13.1. The molecule has 1 unspecified atom stereocenters. The van der Waals surface area contributed by atoms with Crippen LogP contribution in [0.2, 0.25) is 0 Å². The fourth-order valence-electron chi connectivity index (χ4n) is 3.12. The van der Waals surface area contributed by atoms with Crippen molar-refractivity contribution < 1.29 is 9.47 Å². The van der Waals surface area contributed by atoms with Crippen molar-refractivity contribution in [3.8, 4) is 11.5 Å². The third-order valence-electron chi connectivity index (χ3n) is 4.21. The van der Waals surface area contributed by atoms with Crippen molar-refractivity contribution in [1.29, 1.82) is 0 Å². The first-order valence-electron chi connectivity index (χ1n) is 7.59. The molecule has 2 aromatic heterocycles. The molecule has 1 N–H and O–H groups in total. The van der Waals surface area contributed by atoms with Gasteiger partial charge < -0.3 is 9.47 Å². The number of aromatic nitrogens is 3. The van der Waals surface area contributed by atoms with Gasteiger partial charge in [-0.3, -0.25) is 15.0 Å². The van der Waals surface area contributed by atoms with Crippen molar-refractivity contribution in [2.45, 2.75) is 25.3 Å². The van der Waals surface area contributed by atoms with Crippen LogP contribution in [0.25, 0.3) is 0 Å². The monoisotopic (exact) mass is 302 g/mol. The van der Waals surface area contributed by atoms with Crippen molar-refractivity contribution >= 4 is 0 Å². The van der Waals surface area contributed by atoms with Crippen LogP contribution in [0.4, 0.5) is 0 Å². The number of methoxy groups -OCH3 is 2. The van der Waals surface area contributed by atoms with Gasteiger partial charge in [0.2, 0.25) is 0 Å². The van der Waals surface area contributed by atoms with Gasteiger partial charge in [0.05, 0.1) is 14.2 Å². The average Bonchev–Trinajstić information content (AvgIpc) is 3.09. The summed E-state index contributed by atoms with van der Waals surface area (Å²) in [5.74, 6) is 1.97. The summed E-state index contributed by atoms with van der Waals surface area (Å²) in [5, 5.41) is 7.16. The highest BCUT2D eigenvalue weighted by Crippen LogP contribution is 2.32. The third-order valence-corrected chi connectivity index (χ3v) is 4.21. The standard InChI is InChI=1S/C16H22N4O2/c1-21-15-6-7-17-14(16(15)22-2)11-20-9-3-4-12(10-20)13-5-8-18-19-13/h5-8,12H,3-4,9-11H2,1-2H3,(H,18,19). The molecule has 6 heteroatoms. The molecule has 118 valence electrons. The van der Waals surface area contributed by atoms with Crippen LogP contribution in [0.15, 0.2) is 24.5 Å². The number of piperidine rings is 1. The number of nitrogens with one attached hydrogen (secondary N) is 1. The lowest BCUT2D eigenvalue weighted by Gasteiger charge is -2.32. The van der Waals surface area contributed by atoms with Crippen molar-refractivity contribution in [3.63, 3.8) is 0 Å². The first kappa shape index (κ1) is 14.8. The Kier molecular flexibility index (Phi) is 4.58. The highest BCUT2D eigenvalue weighted by Gasteiger charge is 2.24. The van der Waals surface area contributed by atoms with Gasteiger partial charge in [-0.1, -0.05) is 0 Å². The Morgan fingerprint density at radius 2 is 2.18 bits per heavy atom. The summed E-state index contributed by atoms with van der Waals surface area (Å²) in [7, 11) is 3.31. The lowest BCUT2D eigenvalue weighted by atomic mass is 9.95. The maximum Gasteiger partial charge on any atom is 0.183 e. The molecule has 0 saturated carbocycles. The van der Waals surface area contributed by atoms with Gasteiger partial charge in [-0.05, 0) is 25.5 Å². The number of hydrogen-bond acceptors (Lipinski definition) is 5. The summed E-state index contributed by atoms with van der Waals surface area (Å²) in [4.78, 5) is 6.89. The Balaban J connectivity index is 1.73. The highest BCUT2D eigenvalue weighted by atomic mass is 16.5. The van der Waals surface area contributed by atoms with E-state index in [-0.39, 0.29) is 0 Å². The topological polar surface area (TPSA) is 63.3 Å². The number of aromatic amines is 1. The van der Waals surface area contributed by atoms with Gasteiger partial charge in [-0.2, -0.15) is 5.10 Å². The van der Waals surface area contributed by atoms with E-state index in [1.54, 1.807) is 20.4 Å². The van der Waals surface area contributed by atoms with Gasteiger partial charge in [0, 0.05) is 43.2 Å². The summed E-state index contributed by atoms with van der Waals surface area (Å²) in [6.07, 6.45) is 5.96. The van der Waals surface area contributed by atoms with E-state index in [2.05, 4.69) is 26.1 Å². The van der Waals surface area contributed by atoms with Crippen LogP contribution in [-0.2, 0) is 6.54 Å². The lowest BCUT2D eigenvalue weighted by Crippen LogP contribution is -2.34. The molecule has 6 nitrogen and oxygen atoms in total. The van der Waals surface area contributed by atoms with Crippen LogP contribution in [0, 0.1) is 0 Å². The van der Waals surface area contributed by atoms with Crippen LogP contribution < -0.4 is 9.47 Å². The molecule has 0 spiro atoms. The molecular weight excluding hydrogens is 280 g/mol. The second-order valence-electron chi connectivity index (χ2n) is 5.58. The fourth-order valence-corrected chi connectivity index (χ4v) is 3.12. The van der Waals surface area contributed by atoms with Gasteiger partial charge >= 0.3 is 0 Å². The Morgan fingerprint density at radius 3 is 2.91 bits per heavy atom. The van der Waals surface area contributed by atoms with Gasteiger partial charge in [-0.15, -0.1) is 0 Å². The molecule has 1 atom stereocenters. The summed E-state index contributed by atoms with van der Waals surface area (Å²) >= 11 is 0. The van der Waals surface area contributed by atoms with E-state index in [1.807, 2.05) is 12.3 Å². The van der Waals surface area contributed by atoms with Gasteiger partial charge in [0.15, 0.2) is 11.5 Å². The average molecular weight is 302 g/mol. The molecule has 3 rings (SSSR count). The number of hydrogen-bond donors (Lipinski definition) is 1. The first-order chi connectivity index (χ1) is 10.8. The number of H-pyrrole nitrogens is 1. The second-order valence-corrected chi connectivity index (χ2v) is 5.58. The summed E-state index contributed by atoms with van der Waals surface area (Å²) in [6, 6.07) is 3.89. The largest absolute Gasteiger partial charge is 0.493 e. The number of pyridine rings is 1. The molecule has 0 bridgehead atoms. The normalized spacial score (nSPS) is 19.1. The van der Waals surface area contributed by atoms with Crippen molar-refractivity contribution in [2.24, 2.45) is 0 Å². The Morgan fingerprint density at radius 1 is 1.27 bits per heavy atom. The van der Waals surface area contributed by atoms with Crippen molar-refractivity contribution in [1.82, 2.24) is 20.1 Å². The smallest absolute Gasteiger partial charge is 0.183 e. The molecule has 1 aliphatic rings. The lowest BCUT2D eigenvalue weighted by molar-refractivity contribution is 0.193. The van der Waals surface area contributed by atoms with Crippen molar-refractivity contribution in [3.05, 3.63) is 35.9 Å². The molecule has 0 amide bonds. The first-order valence-corrected chi connectivity index (χ1v) is 7.59. The van der Waals surface area contributed by atoms with Gasteiger partial charge in [0.25, 0.3) is 0 Å². The molecule has 1 fully saturated rings. The SMILES string of the molecule is COc1ccnc(CN2CCCC(c3ccn[nH]3)C2)c1OC. The molecular formula is C16H22N4O2. The summed E-state index contributed by atoms with van der Waals surface area (Å²) in [6.45, 7) is 2.85. The molecule has 2 aromatic rings. The molecule has 22 heavy (non-hydrogen) atoms. The predicted octanol–water partition coefficient (Wildman–Crippen LogP) is 2.20. The van der Waals surface area contributed by atoms with Crippen LogP contribution in [0.3, 0.4) is 0 Å². The van der Waals surface area contributed by atoms with Gasteiger partial charge in [0.1, 0.15) is 5.69 Å². The fraction of sp³-hybridized carbons (Fsp3) is 0.500. The van der Waals surface area contributed by atoms with E-state index in [9.17, 15) is 0 Å². The minimum absolute atomic E-state index is 0.507. The van der Waals surface area contributed by atoms with E-state index in [0.717, 1.165) is 36.8 Å². The quantitative estimate of drug-likeness (QED) is 0.917. The van der Waals surface area contributed by atoms with Crippen molar-refractivity contribution in [2.75, 3.05) is 27.3 Å². The maximum absolute atomic E-state index is 5.48. The Bertz CT molecular complexity index is 600. The molecule has 1 saturated heterocycles. The molecule has 3 heterocycles.